The van der Waals surface area contributed by atoms with E-state index >= 15 is 0 Å². The zero-order valence-corrected chi connectivity index (χ0v) is 50.8. The number of nitrogens with two attached hydrogens (primary N) is 4. The predicted octanol–water partition coefficient (Wildman–Crippen LogP) is 2.43. The van der Waals surface area contributed by atoms with Gasteiger partial charge in [-0.15, -0.1) is 15.3 Å². The molecule has 25 heteroatoms. The van der Waals surface area contributed by atoms with Crippen molar-refractivity contribution in [3.63, 3.8) is 0 Å². The van der Waals surface area contributed by atoms with Gasteiger partial charge in [0.25, 0.3) is 17.6 Å². The number of quaternary nitrogens is 5. The van der Waals surface area contributed by atoms with Crippen LogP contribution >= 0.6 is 0 Å². The highest BCUT2D eigenvalue weighted by Gasteiger charge is 2.35. The van der Waals surface area contributed by atoms with Crippen molar-refractivity contribution in [2.24, 2.45) is 0 Å². The molecule has 0 saturated carbocycles. The van der Waals surface area contributed by atoms with Gasteiger partial charge in [-0.25, -0.2) is 26.5 Å². The zero-order valence-electron chi connectivity index (χ0n) is 50.0. The molecule has 0 radical (unpaired) electrons. The molecule has 1 aliphatic rings. The number of methoxy groups -OCH3 is 1. The van der Waals surface area contributed by atoms with Gasteiger partial charge in [0, 0.05) is 71.4 Å². The number of pyridine rings is 4. The van der Waals surface area contributed by atoms with Crippen LogP contribution in [0.3, 0.4) is 0 Å². The highest BCUT2D eigenvalue weighted by atomic mass is 32.2. The van der Waals surface area contributed by atoms with Crippen molar-refractivity contribution in [2.75, 3.05) is 198 Å². The Balaban J connectivity index is 0.000000172. The first-order chi connectivity index (χ1) is 36.6. The van der Waals surface area contributed by atoms with Crippen LogP contribution in [0.4, 0.5) is 45.5 Å². The van der Waals surface area contributed by atoms with Crippen LogP contribution < -0.4 is 60.8 Å². The van der Waals surface area contributed by atoms with E-state index < -0.39 is 9.84 Å². The number of ether oxygens (including phenoxy) is 3. The van der Waals surface area contributed by atoms with Gasteiger partial charge in [0.05, 0.1) is 116 Å². The summed E-state index contributed by atoms with van der Waals surface area (Å²) in [5, 5.41) is 17.2. The van der Waals surface area contributed by atoms with Crippen LogP contribution in [0.25, 0.3) is 22.1 Å². The summed E-state index contributed by atoms with van der Waals surface area (Å²) in [6.45, 7) is 5.55. The second-order valence-corrected chi connectivity index (χ2v) is 26.1. The lowest BCUT2D eigenvalue weighted by molar-refractivity contribution is -0.935. The number of hydrogen-bond donors (Lipinski definition) is 5. The van der Waals surface area contributed by atoms with Crippen LogP contribution in [0.15, 0.2) is 78.3 Å². The van der Waals surface area contributed by atoms with Gasteiger partial charge in [-0.05, 0) is 36.4 Å². The third-order valence-corrected chi connectivity index (χ3v) is 14.7. The first-order valence-electron chi connectivity index (χ1n) is 26.1. The van der Waals surface area contributed by atoms with E-state index in [1.807, 2.05) is 126 Å². The van der Waals surface area contributed by atoms with Crippen LogP contribution in [-0.4, -0.2) is 227 Å². The molecule has 2 atom stereocenters. The Hall–Kier alpha value is -7.29. The second-order valence-electron chi connectivity index (χ2n) is 24.1. The van der Waals surface area contributed by atoms with E-state index in [0.717, 1.165) is 73.7 Å². The smallest absolute Gasteiger partial charge is 0.257 e. The normalized spacial score (nSPS) is 15.1. The number of fused-ring (bicyclic) bond motifs is 4. The van der Waals surface area contributed by atoms with Gasteiger partial charge in [0.15, 0.2) is 32.2 Å². The monoisotopic (exact) mass is 1120 g/mol. The van der Waals surface area contributed by atoms with E-state index in [9.17, 15) is 8.42 Å². The quantitative estimate of drug-likeness (QED) is 0.0926. The number of sulfone groups is 1. The first kappa shape index (κ1) is 60.9. The van der Waals surface area contributed by atoms with Crippen molar-refractivity contribution in [1.29, 1.82) is 0 Å². The number of nitrogen functional groups attached to an aromatic ring is 4. The summed E-state index contributed by atoms with van der Waals surface area (Å²) in [5.41, 5.74) is 33.9. The summed E-state index contributed by atoms with van der Waals surface area (Å²) >= 11 is 0. The minimum atomic E-state index is -3.42. The van der Waals surface area contributed by atoms with Crippen molar-refractivity contribution in [3.05, 3.63) is 73.3 Å². The topological polar surface area (TPSA) is 246 Å². The maximum absolute atomic E-state index is 11.6. The number of nitrogens with zero attached hydrogens (tertiary/aromatic N) is 14. The molecule has 9 rings (SSSR count). The molecule has 24 nitrogen and oxygen atoms in total. The van der Waals surface area contributed by atoms with Crippen molar-refractivity contribution in [3.8, 4) is 17.6 Å². The third kappa shape index (κ3) is 14.3. The van der Waals surface area contributed by atoms with Crippen LogP contribution in [0.2, 0.25) is 0 Å². The number of anilines is 6. The third-order valence-electron chi connectivity index (χ3n) is 13.6. The minimum absolute atomic E-state index is 0.0663. The Labute approximate surface area is 466 Å². The molecule has 8 aromatic heterocycles. The van der Waals surface area contributed by atoms with E-state index in [-0.39, 0.29) is 10.7 Å². The fourth-order valence-corrected chi connectivity index (χ4v) is 10.0. The molecule has 0 amide bonds. The molecule has 79 heavy (non-hydrogen) atoms. The molecule has 0 aromatic carbocycles. The zero-order chi connectivity index (χ0) is 58.7. The average molecular weight is 1120 g/mol. The van der Waals surface area contributed by atoms with Gasteiger partial charge in [-0.2, -0.15) is 5.10 Å². The van der Waals surface area contributed by atoms with Crippen molar-refractivity contribution >= 4 is 77.4 Å². The standard InChI is InChI=1S/C18H31N6O.C14H24N5O.C11H17N4O2S.C11H17N4O/c1-21(2)15-7-6-9-23-17(15)16(19)18(20-23)25-12-11-22-10-8-14(13-22)24(3,4)5;1-17(2)11-7-6-8-18-13(11)12(15)14(16-18)20-10-9-19(3,4)5;1-15(2,3)8-6-5-7-14-10(8)9(12)11(13-14)18(4,16)17;1-15(2,3)8-6-5-7-14-10(8)9(12)11(13-14)16-4/h6-7,9,14H,8,10-13,19H2,1-5H3;6-8H,9-10,15H2,1-5H3;5-7H,12H2,1-4H3;5-7H,12H2,1-4H3/q4*+1/p+1. The molecule has 9 heterocycles. The van der Waals surface area contributed by atoms with Crippen LogP contribution in [0.5, 0.6) is 17.6 Å². The Morgan fingerprint density at radius 3 is 1.41 bits per heavy atom. The molecule has 2 unspecified atom stereocenters. The molecular weight excluding hydrogens is 1030 g/mol. The summed E-state index contributed by atoms with van der Waals surface area (Å²) in [4.78, 5) is 5.66. The van der Waals surface area contributed by atoms with Crippen molar-refractivity contribution in [1.82, 2.24) is 47.4 Å². The van der Waals surface area contributed by atoms with Crippen LogP contribution in [-0.2, 0) is 9.84 Å². The number of nitrogens with one attached hydrogen (secondary N) is 1. The van der Waals surface area contributed by atoms with Gasteiger partial charge in [0.1, 0.15) is 72.7 Å². The van der Waals surface area contributed by atoms with Gasteiger partial charge in [-0.3, -0.25) is 8.97 Å². The molecule has 432 valence electrons. The Morgan fingerprint density at radius 2 is 1.00 bits per heavy atom. The highest BCUT2D eigenvalue weighted by molar-refractivity contribution is 7.90. The fraction of sp³-hybridized carbons (Fsp3) is 0.481. The molecule has 8 aromatic rings. The minimum Gasteiger partial charge on any atom is -0.478 e. The summed E-state index contributed by atoms with van der Waals surface area (Å²) in [6, 6.07) is 16.5. The molecule has 1 aliphatic heterocycles. The van der Waals surface area contributed by atoms with E-state index in [2.05, 4.69) is 83.8 Å². The summed E-state index contributed by atoms with van der Waals surface area (Å²) in [6.07, 6.45) is 9.74. The molecule has 0 aliphatic carbocycles. The van der Waals surface area contributed by atoms with Crippen molar-refractivity contribution < 1.29 is 36.5 Å². The van der Waals surface area contributed by atoms with E-state index in [0.29, 0.717) is 62.4 Å². The summed E-state index contributed by atoms with van der Waals surface area (Å²) in [7, 11) is 31.6. The first-order valence-corrected chi connectivity index (χ1v) is 28.0. The molecular formula is C54H90N19O5S+5. The van der Waals surface area contributed by atoms with E-state index in [4.69, 9.17) is 37.1 Å². The Morgan fingerprint density at radius 1 is 0.595 bits per heavy atom. The number of likely N-dealkylation sites (N-methyl/N-ethyl adjacent to an activating group) is 2. The molecule has 9 N–H and O–H groups in total. The lowest BCUT2D eigenvalue weighted by Crippen LogP contribution is -3.11. The maximum atomic E-state index is 11.6. The van der Waals surface area contributed by atoms with Gasteiger partial charge >= 0.3 is 0 Å². The largest absolute Gasteiger partial charge is 0.478 e. The summed E-state index contributed by atoms with van der Waals surface area (Å²) in [5.74, 6) is 1.52. The molecule has 1 saturated heterocycles. The Bertz CT molecular complexity index is 3480. The molecule has 1 fully saturated rings. The highest BCUT2D eigenvalue weighted by Crippen LogP contribution is 2.36. The van der Waals surface area contributed by atoms with Crippen molar-refractivity contribution in [2.45, 2.75) is 17.5 Å². The maximum Gasteiger partial charge on any atom is 0.257 e. The number of likely N-dealkylation sites (tertiary alicyclic amines) is 1. The van der Waals surface area contributed by atoms with E-state index in [1.165, 1.54) is 24.0 Å². The lowest BCUT2D eigenvalue weighted by Gasteiger charge is -2.29. The predicted molar refractivity (Wildman–Crippen MR) is 322 cm³/mol. The number of hydrogen-bond acceptors (Lipinski definition) is 15. The number of aromatic nitrogens is 8. The van der Waals surface area contributed by atoms with E-state index in [1.54, 1.807) is 31.8 Å². The van der Waals surface area contributed by atoms with Gasteiger partial charge < -0.3 is 60.8 Å². The SMILES string of the molecule is CN(C)c1cccn2nc(OCC[N+](C)(C)C)c(N)c12.CN(C)c1cccn2nc(OCC[NH+]3CCC([N+](C)(C)C)C3)c(N)c12.COc1nn2cccc([N+](C)(C)C)c2c1N.C[N+](C)(C)c1cccn2nc(S(C)(=O)=O)c(N)c12. The summed E-state index contributed by atoms with van der Waals surface area (Å²) < 4.78 is 50.0. The molecule has 0 bridgehead atoms. The number of rotatable bonds is 15. The fourth-order valence-electron chi connectivity index (χ4n) is 9.28. The van der Waals surface area contributed by atoms with Crippen LogP contribution in [0.1, 0.15) is 6.42 Å². The van der Waals surface area contributed by atoms with Gasteiger partial charge in [-0.1, -0.05) is 0 Å². The second kappa shape index (κ2) is 23.6. The van der Waals surface area contributed by atoms with Crippen LogP contribution in [0, 0.1) is 0 Å². The van der Waals surface area contributed by atoms with Gasteiger partial charge in [0.2, 0.25) is 5.03 Å². The molecule has 0 spiro atoms. The lowest BCUT2D eigenvalue weighted by atomic mass is 10.2. The average Bonchev–Trinajstić information content (AvgIpc) is 4.37. The Kier molecular flexibility index (Phi) is 18.2.